The predicted molar refractivity (Wildman–Crippen MR) is 212 cm³/mol. The van der Waals surface area contributed by atoms with Crippen molar-refractivity contribution in [1.29, 1.82) is 0 Å². The number of fused-ring (bicyclic) bond motifs is 2. The van der Waals surface area contributed by atoms with Crippen molar-refractivity contribution >= 4 is 29.8 Å². The van der Waals surface area contributed by atoms with Crippen LogP contribution in [0.5, 0.6) is 0 Å². The molecule has 4 aliphatic rings. The molecular weight excluding hydrogens is 964 g/mol. The molecule has 2 saturated heterocycles. The Kier molecular flexibility index (Phi) is 17.6. The standard InChI is InChI=1S/C19H26F6N6O3.C16H20F6N6O3.C3H6O/c1-11(2)30-8-9-31-12(10-30)27-28-13(31)14(32)26-17(3)4-6-29(7-5-17)16(33)34-15(18(20,21)22)19(23,24)25;1-14(24-11(29)10-26-25-9-8-23-4-7-28(9)10)2-5-27(6-3-14)13(30)31-12(15(17,18)19)16(20,21)22;1-3(2)4/h11,15H,4-10H2,1-3H3,(H,26,32);12,23H,2-8H2,1H3,(H,24,29);1-2H3. The fraction of sp³-hybridized carbons (Fsp3) is 0.763. The van der Waals surface area contributed by atoms with E-state index in [1.54, 1.807) is 23.0 Å². The number of hydrogen-bond donors (Lipinski definition) is 3. The molecule has 4 aliphatic heterocycles. The number of Topliss-reactive ketones (excluding diaryl/α,β-unsaturated/α-hetero) is 1. The molecule has 6 rings (SSSR count). The Morgan fingerprint density at radius 2 is 0.942 bits per heavy atom. The number of carbonyl (C=O) groups is 5. The van der Waals surface area contributed by atoms with Gasteiger partial charge in [-0.25, -0.2) is 9.59 Å². The number of piperidine rings is 2. The molecule has 0 bridgehead atoms. The van der Waals surface area contributed by atoms with Crippen LogP contribution in [-0.4, -0.2) is 167 Å². The van der Waals surface area contributed by atoms with Gasteiger partial charge in [-0.05, 0) is 67.2 Å². The van der Waals surface area contributed by atoms with Gasteiger partial charge in [-0.3, -0.25) is 14.5 Å². The Morgan fingerprint density at radius 1 is 0.580 bits per heavy atom. The van der Waals surface area contributed by atoms with Crippen molar-refractivity contribution in [3.05, 3.63) is 23.3 Å². The van der Waals surface area contributed by atoms with Crippen LogP contribution in [0, 0.1) is 0 Å². The lowest BCUT2D eigenvalue weighted by molar-refractivity contribution is -0.309. The Morgan fingerprint density at radius 3 is 1.30 bits per heavy atom. The van der Waals surface area contributed by atoms with Crippen LogP contribution in [0.15, 0.2) is 0 Å². The predicted octanol–water partition coefficient (Wildman–Crippen LogP) is 4.91. The van der Waals surface area contributed by atoms with E-state index < -0.39 is 72.0 Å². The summed E-state index contributed by atoms with van der Waals surface area (Å²) in [5.74, 6) is 0.648. The summed E-state index contributed by atoms with van der Waals surface area (Å²) >= 11 is 0. The number of ether oxygens (including phenoxy) is 2. The lowest BCUT2D eigenvalue weighted by Gasteiger charge is -2.39. The Labute approximate surface area is 385 Å². The number of alkyl halides is 12. The average molecular weight is 1020 g/mol. The summed E-state index contributed by atoms with van der Waals surface area (Å²) in [4.78, 5) is 62.4. The normalized spacial score (nSPS) is 18.5. The number of carbonyl (C=O) groups excluding carboxylic acids is 5. The molecule has 2 aromatic rings. The third-order valence-electron chi connectivity index (χ3n) is 11.2. The van der Waals surface area contributed by atoms with Crippen molar-refractivity contribution in [1.82, 2.24) is 60.2 Å². The van der Waals surface area contributed by atoms with Crippen molar-refractivity contribution in [2.45, 2.75) is 147 Å². The molecule has 0 radical (unpaired) electrons. The molecule has 0 spiro atoms. The van der Waals surface area contributed by atoms with E-state index in [1.165, 1.54) is 13.8 Å². The highest BCUT2D eigenvalue weighted by atomic mass is 19.4. The van der Waals surface area contributed by atoms with E-state index in [4.69, 9.17) is 0 Å². The van der Waals surface area contributed by atoms with Gasteiger partial charge in [-0.2, -0.15) is 52.7 Å². The fourth-order valence-corrected chi connectivity index (χ4v) is 7.31. The Balaban J connectivity index is 0.000000280. The first-order valence-corrected chi connectivity index (χ1v) is 21.2. The molecule has 2 aromatic heterocycles. The minimum absolute atomic E-state index is 0.0959. The molecule has 3 N–H and O–H groups in total. The number of nitrogens with zero attached hydrogens (tertiary/aromatic N) is 9. The molecule has 390 valence electrons. The molecule has 0 saturated carbocycles. The van der Waals surface area contributed by atoms with Gasteiger partial charge in [0, 0.05) is 69.5 Å². The third kappa shape index (κ3) is 15.2. The second kappa shape index (κ2) is 21.7. The van der Waals surface area contributed by atoms with Crippen LogP contribution in [0.25, 0.3) is 0 Å². The summed E-state index contributed by atoms with van der Waals surface area (Å²) in [6.45, 7) is 13.1. The van der Waals surface area contributed by atoms with Crippen LogP contribution in [0.4, 0.5) is 62.3 Å². The van der Waals surface area contributed by atoms with Gasteiger partial charge in [-0.1, -0.05) is 0 Å². The molecule has 69 heavy (non-hydrogen) atoms. The van der Waals surface area contributed by atoms with Crippen molar-refractivity contribution in [3.8, 4) is 0 Å². The zero-order valence-corrected chi connectivity index (χ0v) is 38.0. The van der Waals surface area contributed by atoms with Gasteiger partial charge in [0.05, 0.1) is 13.1 Å². The Bertz CT molecular complexity index is 2090. The smallest absolute Gasteiger partial charge is 0.426 e. The summed E-state index contributed by atoms with van der Waals surface area (Å²) < 4.78 is 162. The van der Waals surface area contributed by atoms with Gasteiger partial charge in [-0.15, -0.1) is 20.4 Å². The van der Waals surface area contributed by atoms with E-state index in [-0.39, 0.29) is 69.3 Å². The summed E-state index contributed by atoms with van der Waals surface area (Å²) in [7, 11) is 0. The number of nitrogens with one attached hydrogen (secondary N) is 3. The van der Waals surface area contributed by atoms with E-state index in [1.807, 2.05) is 0 Å². The van der Waals surface area contributed by atoms with Crippen LogP contribution >= 0.6 is 0 Å². The van der Waals surface area contributed by atoms with E-state index in [0.29, 0.717) is 57.0 Å². The summed E-state index contributed by atoms with van der Waals surface area (Å²) in [6.07, 6.45) is -34.6. The highest BCUT2D eigenvalue weighted by Gasteiger charge is 2.61. The van der Waals surface area contributed by atoms with Crippen molar-refractivity contribution in [2.75, 3.05) is 39.3 Å². The number of likely N-dealkylation sites (tertiary alicyclic amines) is 2. The monoisotopic (exact) mass is 1020 g/mol. The lowest BCUT2D eigenvalue weighted by Crippen LogP contribution is -2.56. The maximum absolute atomic E-state index is 12.8. The van der Waals surface area contributed by atoms with E-state index in [0.717, 1.165) is 9.80 Å². The maximum Gasteiger partial charge on any atom is 0.434 e. The first-order chi connectivity index (χ1) is 31.6. The largest absolute Gasteiger partial charge is 0.434 e. The third-order valence-corrected chi connectivity index (χ3v) is 11.2. The molecule has 4 amide bonds. The number of amides is 4. The van der Waals surface area contributed by atoms with Crippen molar-refractivity contribution in [2.24, 2.45) is 0 Å². The minimum Gasteiger partial charge on any atom is -0.426 e. The highest BCUT2D eigenvalue weighted by molar-refractivity contribution is 5.92. The number of aromatic nitrogens is 6. The molecule has 0 aliphatic carbocycles. The minimum atomic E-state index is -5.78. The molecule has 6 heterocycles. The highest BCUT2D eigenvalue weighted by Crippen LogP contribution is 2.38. The molecule has 31 heteroatoms. The average Bonchev–Trinajstić information content (AvgIpc) is 3.85. The molecule has 0 unspecified atom stereocenters. The van der Waals surface area contributed by atoms with Crippen molar-refractivity contribution in [3.63, 3.8) is 0 Å². The zero-order valence-electron chi connectivity index (χ0n) is 38.0. The van der Waals surface area contributed by atoms with Crippen molar-refractivity contribution < 1.29 is 86.1 Å². The van der Waals surface area contributed by atoms with Gasteiger partial charge in [0.2, 0.25) is 11.6 Å². The molecule has 0 aromatic carbocycles. The number of halogens is 12. The van der Waals surface area contributed by atoms with Crippen LogP contribution in [0.2, 0.25) is 0 Å². The fourth-order valence-electron chi connectivity index (χ4n) is 7.31. The van der Waals surface area contributed by atoms with Gasteiger partial charge >= 0.3 is 36.9 Å². The number of ketones is 1. The SMILES string of the molecule is CC(C)=O.CC(C)N1CCn2c(nnc2C(=O)NC2(C)CCN(C(=O)OC(C(F)(F)F)C(F)(F)F)CC2)C1.CC1(NC(=O)c2nnc3n2CCNC3)CCN(C(=O)OC(C(F)(F)F)C(F)(F)F)CC1. The van der Waals surface area contributed by atoms with E-state index in [9.17, 15) is 76.7 Å². The molecular formula is C38H52F12N12O7. The van der Waals surface area contributed by atoms with E-state index in [2.05, 4.69) is 64.6 Å². The van der Waals surface area contributed by atoms with Gasteiger partial charge in [0.25, 0.3) is 24.0 Å². The van der Waals surface area contributed by atoms with Gasteiger partial charge < -0.3 is 49.2 Å². The molecule has 19 nitrogen and oxygen atoms in total. The second-order valence-corrected chi connectivity index (χ2v) is 17.5. The lowest BCUT2D eigenvalue weighted by atomic mass is 9.89. The van der Waals surface area contributed by atoms with Crippen LogP contribution < -0.4 is 16.0 Å². The summed E-state index contributed by atoms with van der Waals surface area (Å²) in [6, 6.07) is 0.307. The van der Waals surface area contributed by atoms with Crippen LogP contribution in [0.1, 0.15) is 100 Å². The first kappa shape index (κ1) is 56.1. The second-order valence-electron chi connectivity index (χ2n) is 17.5. The van der Waals surface area contributed by atoms with Crippen LogP contribution in [0.3, 0.4) is 0 Å². The quantitative estimate of drug-likeness (QED) is 0.316. The molecule has 0 atom stereocenters. The van der Waals surface area contributed by atoms with Gasteiger partial charge in [0.15, 0.2) is 0 Å². The maximum atomic E-state index is 12.8. The Hall–Kier alpha value is -5.49. The number of hydrogen-bond acceptors (Lipinski definition) is 13. The topological polar surface area (TPSA) is 211 Å². The number of rotatable bonds is 7. The first-order valence-electron chi connectivity index (χ1n) is 21.2. The summed E-state index contributed by atoms with van der Waals surface area (Å²) in [5.41, 5.74) is -1.70. The van der Waals surface area contributed by atoms with Crippen LogP contribution in [-0.2, 0) is 40.4 Å². The zero-order chi connectivity index (χ0) is 52.1. The summed E-state index contributed by atoms with van der Waals surface area (Å²) in [5, 5.41) is 24.6. The molecule has 2 fully saturated rings. The van der Waals surface area contributed by atoms with Gasteiger partial charge in [0.1, 0.15) is 17.4 Å². The van der Waals surface area contributed by atoms with E-state index >= 15 is 0 Å².